The lowest BCUT2D eigenvalue weighted by Crippen LogP contribution is -2.32. The predicted octanol–water partition coefficient (Wildman–Crippen LogP) is 2.82. The third-order valence-electron chi connectivity index (χ3n) is 3.70. The van der Waals surface area contributed by atoms with E-state index in [-0.39, 0.29) is 0 Å². The number of benzene rings is 1. The van der Waals surface area contributed by atoms with E-state index in [0.29, 0.717) is 12.0 Å². The van der Waals surface area contributed by atoms with Crippen molar-refractivity contribution in [3.8, 4) is 0 Å². The minimum atomic E-state index is 0.517. The van der Waals surface area contributed by atoms with Gasteiger partial charge in [0.2, 0.25) is 0 Å². The summed E-state index contributed by atoms with van der Waals surface area (Å²) in [5.41, 5.74) is 8.12. The maximum absolute atomic E-state index is 6.16. The quantitative estimate of drug-likeness (QED) is 0.859. The van der Waals surface area contributed by atoms with E-state index in [1.54, 1.807) is 0 Å². The highest BCUT2D eigenvalue weighted by Gasteiger charge is 2.29. The SMILES string of the molecule is Cc1ccc(N2CCC(CN)C2C)cc1Cl. The third-order valence-corrected chi connectivity index (χ3v) is 4.11. The Morgan fingerprint density at radius 2 is 2.25 bits per heavy atom. The minimum Gasteiger partial charge on any atom is -0.368 e. The zero-order valence-electron chi connectivity index (χ0n) is 9.91. The van der Waals surface area contributed by atoms with Crippen LogP contribution in [-0.2, 0) is 0 Å². The van der Waals surface area contributed by atoms with Gasteiger partial charge in [0.1, 0.15) is 0 Å². The molecular weight excluding hydrogens is 220 g/mol. The van der Waals surface area contributed by atoms with Gasteiger partial charge in [-0.1, -0.05) is 17.7 Å². The summed E-state index contributed by atoms with van der Waals surface area (Å²) in [5, 5.41) is 0.848. The van der Waals surface area contributed by atoms with Crippen molar-refractivity contribution >= 4 is 17.3 Å². The monoisotopic (exact) mass is 238 g/mol. The van der Waals surface area contributed by atoms with Crippen LogP contribution in [0.15, 0.2) is 18.2 Å². The summed E-state index contributed by atoms with van der Waals surface area (Å²) in [5.74, 6) is 0.611. The summed E-state index contributed by atoms with van der Waals surface area (Å²) in [6.07, 6.45) is 1.18. The van der Waals surface area contributed by atoms with Gasteiger partial charge < -0.3 is 10.6 Å². The first-order valence-corrected chi connectivity index (χ1v) is 6.24. The highest BCUT2D eigenvalue weighted by Crippen LogP contribution is 2.31. The van der Waals surface area contributed by atoms with Crippen molar-refractivity contribution in [1.29, 1.82) is 0 Å². The fraction of sp³-hybridized carbons (Fsp3) is 0.538. The number of rotatable bonds is 2. The number of hydrogen-bond acceptors (Lipinski definition) is 2. The fourth-order valence-electron chi connectivity index (χ4n) is 2.44. The second kappa shape index (κ2) is 4.64. The molecule has 1 aliphatic rings. The van der Waals surface area contributed by atoms with Crippen LogP contribution < -0.4 is 10.6 Å². The molecule has 1 aromatic carbocycles. The molecule has 88 valence electrons. The Morgan fingerprint density at radius 1 is 1.50 bits per heavy atom. The van der Waals surface area contributed by atoms with E-state index in [4.69, 9.17) is 17.3 Å². The zero-order valence-corrected chi connectivity index (χ0v) is 10.7. The molecule has 2 atom stereocenters. The zero-order chi connectivity index (χ0) is 11.7. The van der Waals surface area contributed by atoms with Gasteiger partial charge in [-0.2, -0.15) is 0 Å². The van der Waals surface area contributed by atoms with Crippen LogP contribution in [0.4, 0.5) is 5.69 Å². The second-order valence-corrected chi connectivity index (χ2v) is 5.06. The van der Waals surface area contributed by atoms with E-state index in [2.05, 4.69) is 30.0 Å². The average Bonchev–Trinajstić information content (AvgIpc) is 2.64. The summed E-state index contributed by atoms with van der Waals surface area (Å²) in [4.78, 5) is 2.41. The van der Waals surface area contributed by atoms with Gasteiger partial charge in [0.05, 0.1) is 0 Å². The molecule has 1 heterocycles. The highest BCUT2D eigenvalue weighted by molar-refractivity contribution is 6.31. The Balaban J connectivity index is 2.22. The van der Waals surface area contributed by atoms with Crippen molar-refractivity contribution in [2.24, 2.45) is 11.7 Å². The minimum absolute atomic E-state index is 0.517. The summed E-state index contributed by atoms with van der Waals surface area (Å²) in [6, 6.07) is 6.81. The van der Waals surface area contributed by atoms with Crippen LogP contribution in [0.3, 0.4) is 0 Å². The van der Waals surface area contributed by atoms with Gasteiger partial charge in [-0.05, 0) is 50.4 Å². The summed E-state index contributed by atoms with van der Waals surface area (Å²) < 4.78 is 0. The van der Waals surface area contributed by atoms with Crippen molar-refractivity contribution in [2.45, 2.75) is 26.3 Å². The maximum atomic E-state index is 6.16. The summed E-state index contributed by atoms with van der Waals surface area (Å²) in [7, 11) is 0. The third kappa shape index (κ3) is 2.04. The molecule has 16 heavy (non-hydrogen) atoms. The molecule has 0 spiro atoms. The summed E-state index contributed by atoms with van der Waals surface area (Å²) >= 11 is 6.16. The van der Waals surface area contributed by atoms with Gasteiger partial charge in [0.25, 0.3) is 0 Å². The Hall–Kier alpha value is -0.730. The topological polar surface area (TPSA) is 29.3 Å². The summed E-state index contributed by atoms with van der Waals surface area (Å²) in [6.45, 7) is 6.14. The molecular formula is C13H19ClN2. The molecule has 0 aromatic heterocycles. The van der Waals surface area contributed by atoms with Gasteiger partial charge in [0.15, 0.2) is 0 Å². The molecule has 1 aliphatic heterocycles. The average molecular weight is 239 g/mol. The molecule has 2 rings (SSSR count). The van der Waals surface area contributed by atoms with E-state index in [9.17, 15) is 0 Å². The van der Waals surface area contributed by atoms with Crippen molar-refractivity contribution in [1.82, 2.24) is 0 Å². The molecule has 0 saturated carbocycles. The molecule has 0 bridgehead atoms. The Kier molecular flexibility index (Phi) is 3.41. The molecule has 1 fully saturated rings. The molecule has 2 unspecified atom stereocenters. The first-order valence-electron chi connectivity index (χ1n) is 5.86. The highest BCUT2D eigenvalue weighted by atomic mass is 35.5. The van der Waals surface area contributed by atoms with Crippen LogP contribution in [0, 0.1) is 12.8 Å². The van der Waals surface area contributed by atoms with Gasteiger partial charge >= 0.3 is 0 Å². The lowest BCUT2D eigenvalue weighted by Gasteiger charge is -2.26. The maximum Gasteiger partial charge on any atom is 0.0455 e. The molecule has 3 heteroatoms. The predicted molar refractivity (Wildman–Crippen MR) is 70.2 cm³/mol. The van der Waals surface area contributed by atoms with Crippen LogP contribution in [0.25, 0.3) is 0 Å². The Morgan fingerprint density at radius 3 is 2.81 bits per heavy atom. The van der Waals surface area contributed by atoms with E-state index in [1.165, 1.54) is 12.1 Å². The largest absolute Gasteiger partial charge is 0.368 e. The molecule has 2 nitrogen and oxygen atoms in total. The number of aryl methyl sites for hydroxylation is 1. The standard InChI is InChI=1S/C13H19ClN2/c1-9-3-4-12(7-13(9)14)16-6-5-11(8-15)10(16)2/h3-4,7,10-11H,5-6,8,15H2,1-2H3. The molecule has 0 amide bonds. The fourth-order valence-corrected chi connectivity index (χ4v) is 2.62. The van der Waals surface area contributed by atoms with Gasteiger partial charge in [-0.3, -0.25) is 0 Å². The van der Waals surface area contributed by atoms with Gasteiger partial charge in [-0.15, -0.1) is 0 Å². The number of hydrogen-bond donors (Lipinski definition) is 1. The lowest BCUT2D eigenvalue weighted by molar-refractivity contribution is 0.508. The molecule has 2 N–H and O–H groups in total. The van der Waals surface area contributed by atoms with E-state index < -0.39 is 0 Å². The van der Waals surface area contributed by atoms with Crippen molar-refractivity contribution in [3.63, 3.8) is 0 Å². The number of nitrogens with two attached hydrogens (primary N) is 1. The normalized spacial score (nSPS) is 25.1. The smallest absolute Gasteiger partial charge is 0.0455 e. The Bertz CT molecular complexity index is 378. The molecule has 1 saturated heterocycles. The second-order valence-electron chi connectivity index (χ2n) is 4.65. The Labute approximate surface area is 102 Å². The van der Waals surface area contributed by atoms with E-state index >= 15 is 0 Å². The first kappa shape index (κ1) is 11.7. The van der Waals surface area contributed by atoms with Crippen molar-refractivity contribution in [3.05, 3.63) is 28.8 Å². The number of nitrogens with zero attached hydrogens (tertiary/aromatic N) is 1. The lowest BCUT2D eigenvalue weighted by atomic mass is 10.0. The van der Waals surface area contributed by atoms with Crippen LogP contribution in [0.5, 0.6) is 0 Å². The van der Waals surface area contributed by atoms with Gasteiger partial charge in [0, 0.05) is 23.3 Å². The van der Waals surface area contributed by atoms with Gasteiger partial charge in [-0.25, -0.2) is 0 Å². The van der Waals surface area contributed by atoms with Crippen molar-refractivity contribution in [2.75, 3.05) is 18.0 Å². The van der Waals surface area contributed by atoms with E-state index in [0.717, 1.165) is 23.7 Å². The molecule has 0 radical (unpaired) electrons. The van der Waals surface area contributed by atoms with E-state index in [1.807, 2.05) is 6.92 Å². The van der Waals surface area contributed by atoms with Crippen LogP contribution in [-0.4, -0.2) is 19.1 Å². The van der Waals surface area contributed by atoms with Crippen molar-refractivity contribution < 1.29 is 0 Å². The number of halogens is 1. The first-order chi connectivity index (χ1) is 7.63. The number of anilines is 1. The van der Waals surface area contributed by atoms with Crippen LogP contribution in [0.2, 0.25) is 5.02 Å². The molecule has 1 aromatic rings. The van der Waals surface area contributed by atoms with Crippen LogP contribution in [0.1, 0.15) is 18.9 Å². The van der Waals surface area contributed by atoms with Crippen LogP contribution >= 0.6 is 11.6 Å². The molecule has 0 aliphatic carbocycles.